The molecule has 0 unspecified atom stereocenters. The average molecular weight is 1200 g/mol. The first kappa shape index (κ1) is 56.0. The van der Waals surface area contributed by atoms with Gasteiger partial charge in [-0.15, -0.1) is 0 Å². The Morgan fingerprint density at radius 2 is 0.444 bits per heavy atom. The summed E-state index contributed by atoms with van der Waals surface area (Å²) < 4.78 is 0. The molecule has 0 N–H and O–H groups in total. The maximum absolute atomic E-state index is 4.01. The Morgan fingerprint density at radius 1 is 0.211 bits per heavy atom. The molecule has 12 aromatic carbocycles. The fraction of sp³-hybridized carbons (Fsp3) is 0.0115. The highest BCUT2D eigenvalue weighted by Gasteiger charge is 2.64. The number of hydrogen-bond acceptors (Lipinski definition) is 0. The van der Waals surface area contributed by atoms with Crippen molar-refractivity contribution in [1.29, 1.82) is 0 Å². The van der Waals surface area contributed by atoms with E-state index in [0.717, 1.165) is 0 Å². The van der Waals surface area contributed by atoms with Crippen molar-refractivity contribution >= 4 is 88.8 Å². The minimum absolute atomic E-state index is 1.19. The van der Waals surface area contributed by atoms with Gasteiger partial charge in [-0.25, -0.2) is 0 Å². The summed E-state index contributed by atoms with van der Waals surface area (Å²) in [6, 6.07) is 140. The molecule has 0 fully saturated rings. The molecule has 3 aliphatic heterocycles. The quantitative estimate of drug-likeness (QED) is 0.0898. The first-order valence-electron chi connectivity index (χ1n) is 31.5. The van der Waals surface area contributed by atoms with Gasteiger partial charge in [-0.05, 0) is 131 Å². The Balaban J connectivity index is 1.29. The minimum atomic E-state index is -4.01. The van der Waals surface area contributed by atoms with E-state index in [1.807, 2.05) is 0 Å². The Kier molecular flexibility index (Phi) is 15.1. The van der Waals surface area contributed by atoms with Crippen LogP contribution in [0.5, 0.6) is 0 Å². The van der Waals surface area contributed by atoms with E-state index in [2.05, 4.69) is 389 Å². The SMILES string of the molecule is CC=CC1=C(c2ccccc2)C(c2ccccc2)=C(C2=C(c3ccccc3)C(c3ccccc3)=C(C3=C(c4ccccc4)C(c4ccccc4)=C[Si]3(c3ccccc3)c3ccccc3)[Si]2(c2ccccc2)c2ccccc2)[Si]1(c1ccccc1)c1ccccc1. The van der Waals surface area contributed by atoms with Gasteiger partial charge in [0.25, 0.3) is 0 Å². The standard InChI is InChI=1S/C87H66Si3/c1-2-39-78-80(67-44-19-5-20-45-67)81(68-46-21-6-22-47-68)86(89(78,73-56-31-11-32-57-73)74-58-33-12-34-59-74)87-83(70-50-25-8-26-51-70)82(69-48-23-7-24-49-69)85(90(87,75-60-35-13-36-61-75)76-62-37-14-38-63-76)84-79(66-42-17-4-18-43-66)77(65-40-15-3-16-41-65)64-88(84,71-52-27-9-28-53-71)72-54-29-10-30-55-72/h2-64H,1H3. The summed E-state index contributed by atoms with van der Waals surface area (Å²) in [6.07, 6.45) is 4.84. The summed E-state index contributed by atoms with van der Waals surface area (Å²) in [5.74, 6) is 0. The lowest BCUT2D eigenvalue weighted by atomic mass is 9.87. The zero-order valence-electron chi connectivity index (χ0n) is 50.4. The van der Waals surface area contributed by atoms with Gasteiger partial charge >= 0.3 is 0 Å². The summed E-state index contributed by atoms with van der Waals surface area (Å²) in [5, 5.41) is 15.1. The van der Waals surface area contributed by atoms with Gasteiger partial charge in [0.1, 0.15) is 0 Å². The van der Waals surface area contributed by atoms with Crippen LogP contribution >= 0.6 is 0 Å². The van der Waals surface area contributed by atoms with Gasteiger partial charge in [0.05, 0.1) is 0 Å². The van der Waals surface area contributed by atoms with Crippen molar-refractivity contribution in [3.63, 3.8) is 0 Å². The van der Waals surface area contributed by atoms with Gasteiger partial charge in [0.2, 0.25) is 0 Å². The lowest BCUT2D eigenvalue weighted by molar-refractivity contribution is 1.55. The van der Waals surface area contributed by atoms with Gasteiger partial charge in [-0.1, -0.05) is 382 Å². The third-order valence-electron chi connectivity index (χ3n) is 18.8. The highest BCUT2D eigenvalue weighted by Crippen LogP contribution is 2.62. The second kappa shape index (κ2) is 24.2. The maximum atomic E-state index is 2.81. The molecular formula is C87H66Si3. The van der Waals surface area contributed by atoms with Crippen LogP contribution in [0.4, 0.5) is 0 Å². The van der Waals surface area contributed by atoms with Gasteiger partial charge in [-0.2, -0.15) is 0 Å². The van der Waals surface area contributed by atoms with E-state index >= 15 is 0 Å². The summed E-state index contributed by atoms with van der Waals surface area (Å²) in [5.41, 5.74) is 17.7. The Morgan fingerprint density at radius 3 is 0.767 bits per heavy atom. The predicted molar refractivity (Wildman–Crippen MR) is 390 cm³/mol. The Bertz CT molecular complexity index is 4650. The molecule has 0 atom stereocenters. The second-order valence-corrected chi connectivity index (χ2v) is 34.5. The maximum Gasteiger partial charge on any atom is 0.180 e. The summed E-state index contributed by atoms with van der Waals surface area (Å²) in [7, 11) is -11.2. The van der Waals surface area contributed by atoms with Crippen molar-refractivity contribution < 1.29 is 0 Å². The van der Waals surface area contributed by atoms with Gasteiger partial charge in [0, 0.05) is 0 Å². The van der Waals surface area contributed by atoms with Gasteiger partial charge in [-0.3, -0.25) is 0 Å². The van der Waals surface area contributed by atoms with Crippen molar-refractivity contribution in [2.75, 3.05) is 0 Å². The van der Waals surface area contributed by atoms with Crippen LogP contribution in [-0.4, -0.2) is 24.2 Å². The van der Waals surface area contributed by atoms with Gasteiger partial charge < -0.3 is 0 Å². The molecule has 0 aliphatic carbocycles. The third-order valence-corrected chi connectivity index (χ3v) is 33.6. The molecule has 0 saturated heterocycles. The van der Waals surface area contributed by atoms with Crippen molar-refractivity contribution in [2.24, 2.45) is 0 Å². The molecule has 0 nitrogen and oxygen atoms in total. The summed E-state index contributed by atoms with van der Waals surface area (Å²) >= 11 is 0. The molecule has 3 heterocycles. The molecule has 3 aliphatic rings. The molecule has 0 bridgehead atoms. The molecule has 0 radical (unpaired) electrons. The van der Waals surface area contributed by atoms with Crippen LogP contribution in [0.2, 0.25) is 0 Å². The van der Waals surface area contributed by atoms with E-state index in [4.69, 9.17) is 0 Å². The highest BCUT2D eigenvalue weighted by molar-refractivity contribution is 7.25. The van der Waals surface area contributed by atoms with E-state index in [1.54, 1.807) is 0 Å². The summed E-state index contributed by atoms with van der Waals surface area (Å²) in [6.45, 7) is 2.22. The van der Waals surface area contributed by atoms with Crippen molar-refractivity contribution in [3.8, 4) is 0 Å². The number of hydrogen-bond donors (Lipinski definition) is 0. The molecule has 90 heavy (non-hydrogen) atoms. The smallest absolute Gasteiger partial charge is 0.0877 e. The predicted octanol–water partition coefficient (Wildman–Crippen LogP) is 17.0. The molecular weight excluding hydrogens is 1130 g/mol. The van der Waals surface area contributed by atoms with Gasteiger partial charge in [0.15, 0.2) is 24.2 Å². The second-order valence-electron chi connectivity index (χ2n) is 23.5. The molecule has 15 rings (SSSR count). The van der Waals surface area contributed by atoms with Crippen LogP contribution in [0, 0.1) is 0 Å². The molecule has 426 valence electrons. The van der Waals surface area contributed by atoms with E-state index in [9.17, 15) is 0 Å². The zero-order chi connectivity index (χ0) is 60.3. The van der Waals surface area contributed by atoms with Crippen molar-refractivity contribution in [1.82, 2.24) is 0 Å². The largest absolute Gasteiger partial charge is 0.180 e. The van der Waals surface area contributed by atoms with E-state index in [0.29, 0.717) is 0 Å². The number of allylic oxidation sites excluding steroid dienone is 13. The summed E-state index contributed by atoms with van der Waals surface area (Å²) in [4.78, 5) is 0. The number of rotatable bonds is 15. The molecule has 12 aromatic rings. The fourth-order valence-electron chi connectivity index (χ4n) is 15.5. The lowest BCUT2D eigenvalue weighted by Gasteiger charge is -2.44. The molecule has 3 heteroatoms. The van der Waals surface area contributed by atoms with Crippen LogP contribution in [0.3, 0.4) is 0 Å². The highest BCUT2D eigenvalue weighted by atomic mass is 28.3. The van der Waals surface area contributed by atoms with Crippen LogP contribution < -0.4 is 31.1 Å². The van der Waals surface area contributed by atoms with E-state index in [-0.39, 0.29) is 0 Å². The Labute approximate surface area is 533 Å². The van der Waals surface area contributed by atoms with Crippen LogP contribution in [0.1, 0.15) is 40.3 Å². The molecule has 0 saturated carbocycles. The van der Waals surface area contributed by atoms with Crippen molar-refractivity contribution in [2.45, 2.75) is 6.92 Å². The first-order chi connectivity index (χ1) is 44.7. The normalized spacial score (nSPS) is 15.9. The van der Waals surface area contributed by atoms with Crippen molar-refractivity contribution in [3.05, 3.63) is 441 Å². The van der Waals surface area contributed by atoms with Crippen LogP contribution in [0.15, 0.2) is 408 Å². The van der Waals surface area contributed by atoms with E-state index < -0.39 is 24.2 Å². The fourth-order valence-corrected chi connectivity index (χ4v) is 33.3. The minimum Gasteiger partial charge on any atom is -0.0877 e. The molecule has 0 aromatic heterocycles. The van der Waals surface area contributed by atoms with Crippen LogP contribution in [-0.2, 0) is 0 Å². The Hall–Kier alpha value is -10.5. The lowest BCUT2D eigenvalue weighted by Crippen LogP contribution is -2.69. The van der Waals surface area contributed by atoms with E-state index in [1.165, 1.54) is 124 Å². The third kappa shape index (κ3) is 9.07. The monoisotopic (exact) mass is 1190 g/mol. The number of benzene rings is 12. The molecule has 0 spiro atoms. The average Bonchev–Trinajstić information content (AvgIpc) is 1.48. The zero-order valence-corrected chi connectivity index (χ0v) is 53.4. The topological polar surface area (TPSA) is 0 Å². The first-order valence-corrected chi connectivity index (χ1v) is 37.5. The molecule has 0 amide bonds. The van der Waals surface area contributed by atoms with Crippen LogP contribution in [0.25, 0.3) is 33.4 Å².